The van der Waals surface area contributed by atoms with Crippen molar-refractivity contribution >= 4 is 17.6 Å². The highest BCUT2D eigenvalue weighted by Crippen LogP contribution is 2.34. The predicted octanol–water partition coefficient (Wildman–Crippen LogP) is 2.29. The van der Waals surface area contributed by atoms with E-state index in [0.29, 0.717) is 12.1 Å². The summed E-state index contributed by atoms with van der Waals surface area (Å²) in [7, 11) is 0. The van der Waals surface area contributed by atoms with Crippen molar-refractivity contribution < 1.29 is 27.2 Å². The zero-order valence-electron chi connectivity index (χ0n) is 9.42. The molecule has 1 fully saturated rings. The molecule has 3 amide bonds. The van der Waals surface area contributed by atoms with Gasteiger partial charge in [0.05, 0.1) is 5.56 Å². The average Bonchev–Trinajstić information content (AvgIpc) is 2.29. The van der Waals surface area contributed by atoms with Crippen molar-refractivity contribution in [1.29, 1.82) is 0 Å². The van der Waals surface area contributed by atoms with E-state index < -0.39 is 29.5 Å². The number of nitrogens with one attached hydrogen (secondary N) is 1. The van der Waals surface area contributed by atoms with E-state index in [2.05, 4.69) is 0 Å². The molecule has 0 saturated carbocycles. The van der Waals surface area contributed by atoms with Gasteiger partial charge in [0.25, 0.3) is 0 Å². The third kappa shape index (κ3) is 2.67. The standard InChI is InChI=1S/C11H8F4N2O2/c12-8-2-1-6(5-7(8)11(13,14)15)17-4-3-9(18)16-10(17)19/h1-2,5H,3-4H2,(H,16,18,19). The zero-order chi connectivity index (χ0) is 14.2. The van der Waals surface area contributed by atoms with Crippen molar-refractivity contribution in [2.75, 3.05) is 11.4 Å². The van der Waals surface area contributed by atoms with Crippen LogP contribution in [0, 0.1) is 5.82 Å². The van der Waals surface area contributed by atoms with Crippen LogP contribution in [0.2, 0.25) is 0 Å². The molecule has 1 saturated heterocycles. The summed E-state index contributed by atoms with van der Waals surface area (Å²) in [4.78, 5) is 23.4. The third-order valence-electron chi connectivity index (χ3n) is 2.62. The second kappa shape index (κ2) is 4.52. The lowest BCUT2D eigenvalue weighted by Crippen LogP contribution is -2.49. The van der Waals surface area contributed by atoms with Crippen molar-refractivity contribution in [3.63, 3.8) is 0 Å². The predicted molar refractivity (Wildman–Crippen MR) is 56.9 cm³/mol. The number of urea groups is 1. The van der Waals surface area contributed by atoms with Crippen LogP contribution in [-0.2, 0) is 11.0 Å². The maximum atomic E-state index is 13.1. The van der Waals surface area contributed by atoms with Gasteiger partial charge in [0, 0.05) is 18.7 Å². The minimum absolute atomic E-state index is 0.0233. The van der Waals surface area contributed by atoms with Gasteiger partial charge in [0.15, 0.2) is 0 Å². The van der Waals surface area contributed by atoms with Gasteiger partial charge in [-0.15, -0.1) is 0 Å². The van der Waals surface area contributed by atoms with Crippen LogP contribution in [-0.4, -0.2) is 18.5 Å². The minimum atomic E-state index is -4.85. The second-order valence-corrected chi connectivity index (χ2v) is 3.92. The molecule has 1 aromatic rings. The van der Waals surface area contributed by atoms with E-state index in [1.807, 2.05) is 5.32 Å². The fourth-order valence-corrected chi connectivity index (χ4v) is 1.71. The van der Waals surface area contributed by atoms with Crippen LogP contribution in [0.3, 0.4) is 0 Å². The fourth-order valence-electron chi connectivity index (χ4n) is 1.71. The molecule has 2 rings (SSSR count). The Morgan fingerprint density at radius 3 is 2.47 bits per heavy atom. The van der Waals surface area contributed by atoms with Crippen LogP contribution in [0.5, 0.6) is 0 Å². The lowest BCUT2D eigenvalue weighted by molar-refractivity contribution is -0.140. The molecule has 8 heteroatoms. The molecule has 0 aliphatic carbocycles. The average molecular weight is 276 g/mol. The fraction of sp³-hybridized carbons (Fsp3) is 0.273. The molecule has 1 aliphatic rings. The van der Waals surface area contributed by atoms with E-state index in [-0.39, 0.29) is 18.7 Å². The molecule has 0 unspecified atom stereocenters. The first-order valence-electron chi connectivity index (χ1n) is 5.27. The molecule has 4 nitrogen and oxygen atoms in total. The highest BCUT2D eigenvalue weighted by Gasteiger charge is 2.35. The summed E-state index contributed by atoms with van der Waals surface area (Å²) in [6, 6.07) is 1.42. The highest BCUT2D eigenvalue weighted by atomic mass is 19.4. The number of amides is 3. The molecule has 1 N–H and O–H groups in total. The largest absolute Gasteiger partial charge is 0.419 e. The first kappa shape index (κ1) is 13.3. The van der Waals surface area contributed by atoms with E-state index in [1.54, 1.807) is 0 Å². The lowest BCUT2D eigenvalue weighted by atomic mass is 10.1. The van der Waals surface area contributed by atoms with Gasteiger partial charge in [-0.3, -0.25) is 15.0 Å². The topological polar surface area (TPSA) is 49.4 Å². The van der Waals surface area contributed by atoms with E-state index in [4.69, 9.17) is 0 Å². The Kier molecular flexibility index (Phi) is 3.17. The zero-order valence-corrected chi connectivity index (χ0v) is 9.42. The van der Waals surface area contributed by atoms with Crippen molar-refractivity contribution in [2.45, 2.75) is 12.6 Å². The smallest absolute Gasteiger partial charge is 0.294 e. The molecule has 19 heavy (non-hydrogen) atoms. The van der Waals surface area contributed by atoms with Crippen molar-refractivity contribution in [2.24, 2.45) is 0 Å². The van der Waals surface area contributed by atoms with E-state index in [1.165, 1.54) is 0 Å². The Labute approximate surface area is 105 Å². The summed E-state index contributed by atoms with van der Waals surface area (Å²) in [5.74, 6) is -1.91. The molecule has 0 spiro atoms. The Balaban J connectivity index is 2.36. The van der Waals surface area contributed by atoms with Gasteiger partial charge in [0.1, 0.15) is 5.82 Å². The Morgan fingerprint density at radius 1 is 1.21 bits per heavy atom. The van der Waals surface area contributed by atoms with E-state index >= 15 is 0 Å². The third-order valence-corrected chi connectivity index (χ3v) is 2.62. The number of hydrogen-bond acceptors (Lipinski definition) is 2. The molecule has 102 valence electrons. The first-order valence-corrected chi connectivity index (χ1v) is 5.27. The number of hydrogen-bond donors (Lipinski definition) is 1. The SMILES string of the molecule is O=C1CCN(c2ccc(F)c(C(F)(F)F)c2)C(=O)N1. The van der Waals surface area contributed by atoms with Gasteiger partial charge in [-0.1, -0.05) is 0 Å². The van der Waals surface area contributed by atoms with Crippen LogP contribution in [0.15, 0.2) is 18.2 Å². The monoisotopic (exact) mass is 276 g/mol. The van der Waals surface area contributed by atoms with Crippen LogP contribution in [0.25, 0.3) is 0 Å². The summed E-state index contributed by atoms with van der Waals surface area (Å²) in [6.07, 6.45) is -4.87. The Hall–Kier alpha value is -2.12. The first-order chi connectivity index (χ1) is 8.79. The number of benzene rings is 1. The number of alkyl halides is 3. The number of carbonyl (C=O) groups excluding carboxylic acids is 2. The molecule has 1 aliphatic heterocycles. The molecule has 0 atom stereocenters. The van der Waals surface area contributed by atoms with Crippen LogP contribution in [0.4, 0.5) is 28.0 Å². The van der Waals surface area contributed by atoms with Crippen LogP contribution in [0.1, 0.15) is 12.0 Å². The summed E-state index contributed by atoms with van der Waals surface area (Å²) in [5, 5.41) is 1.97. The van der Waals surface area contributed by atoms with Crippen LogP contribution < -0.4 is 10.2 Å². The van der Waals surface area contributed by atoms with Crippen molar-refractivity contribution in [3.8, 4) is 0 Å². The summed E-state index contributed by atoms with van der Waals surface area (Å²) in [6.45, 7) is -0.0480. The number of rotatable bonds is 1. The molecule has 0 bridgehead atoms. The van der Waals surface area contributed by atoms with Gasteiger partial charge >= 0.3 is 12.2 Å². The summed E-state index contributed by atoms with van der Waals surface area (Å²) in [5.41, 5.74) is -1.56. The van der Waals surface area contributed by atoms with Crippen molar-refractivity contribution in [1.82, 2.24) is 5.32 Å². The maximum Gasteiger partial charge on any atom is 0.419 e. The molecule has 1 heterocycles. The molecular formula is C11H8F4N2O2. The quantitative estimate of drug-likeness (QED) is 0.800. The number of nitrogens with zero attached hydrogens (tertiary/aromatic N) is 1. The number of halogens is 4. The van der Waals surface area contributed by atoms with Gasteiger partial charge in [-0.05, 0) is 18.2 Å². The van der Waals surface area contributed by atoms with E-state index in [0.717, 1.165) is 11.0 Å². The van der Waals surface area contributed by atoms with E-state index in [9.17, 15) is 27.2 Å². The maximum absolute atomic E-state index is 13.1. The summed E-state index contributed by atoms with van der Waals surface area (Å²) >= 11 is 0. The minimum Gasteiger partial charge on any atom is -0.294 e. The Morgan fingerprint density at radius 2 is 1.89 bits per heavy atom. The summed E-state index contributed by atoms with van der Waals surface area (Å²) < 4.78 is 50.7. The van der Waals surface area contributed by atoms with Gasteiger partial charge in [-0.25, -0.2) is 9.18 Å². The molecule has 0 aromatic heterocycles. The second-order valence-electron chi connectivity index (χ2n) is 3.92. The number of carbonyl (C=O) groups is 2. The van der Waals surface area contributed by atoms with Crippen LogP contribution >= 0.6 is 0 Å². The number of imide groups is 1. The molecular weight excluding hydrogens is 268 g/mol. The van der Waals surface area contributed by atoms with Crippen molar-refractivity contribution in [3.05, 3.63) is 29.6 Å². The van der Waals surface area contributed by atoms with Gasteiger partial charge in [0.2, 0.25) is 5.91 Å². The number of anilines is 1. The normalized spacial score (nSPS) is 16.5. The Bertz CT molecular complexity index is 542. The van der Waals surface area contributed by atoms with Gasteiger partial charge < -0.3 is 0 Å². The molecule has 1 aromatic carbocycles. The lowest BCUT2D eigenvalue weighted by Gasteiger charge is -2.27. The van der Waals surface area contributed by atoms with Gasteiger partial charge in [-0.2, -0.15) is 13.2 Å². The highest BCUT2D eigenvalue weighted by molar-refractivity contribution is 6.05. The molecule has 0 radical (unpaired) electrons.